The molecular weight excluding hydrogens is 793 g/mol. The maximum absolute atomic E-state index is 10.8. The van der Waals surface area contributed by atoms with Gasteiger partial charge in [0.1, 0.15) is 22.6 Å². The van der Waals surface area contributed by atoms with Crippen molar-refractivity contribution in [1.82, 2.24) is 39.9 Å². The van der Waals surface area contributed by atoms with Gasteiger partial charge in [0.15, 0.2) is 69.3 Å². The highest BCUT2D eigenvalue weighted by Gasteiger charge is 2.26. The largest absolute Gasteiger partial charge is 0.504 e. The zero-order chi connectivity index (χ0) is 45.4. The van der Waals surface area contributed by atoms with Crippen LogP contribution in [0, 0.1) is 0 Å². The Morgan fingerprint density at radius 1 is 0.371 bits per heavy atom. The van der Waals surface area contributed by atoms with Crippen molar-refractivity contribution < 1.29 is 39.7 Å². The van der Waals surface area contributed by atoms with Gasteiger partial charge in [0.05, 0.1) is 21.3 Å². The van der Waals surface area contributed by atoms with E-state index < -0.39 is 11.5 Å². The minimum atomic E-state index is -0.394. The number of fused-ring (bicyclic) bond motifs is 20. The number of hydrogen-bond donors (Lipinski definition) is 7. The first-order valence-electron chi connectivity index (χ1n) is 20.5. The Bertz CT molecular complexity index is 2890. The molecule has 0 amide bonds. The van der Waals surface area contributed by atoms with E-state index in [1.807, 2.05) is 13.8 Å². The number of hydrogen-bond acceptors (Lipinski definition) is 14. The molecule has 0 aliphatic carbocycles. The Morgan fingerprint density at radius 2 is 0.613 bits per heavy atom. The Morgan fingerprint density at radius 3 is 0.919 bits per heavy atom. The van der Waals surface area contributed by atoms with Gasteiger partial charge in [0.2, 0.25) is 0 Å². The molecule has 3 aromatic heterocycles. The predicted octanol–water partition coefficient (Wildman–Crippen LogP) is 10.7. The number of nitrogens with zero attached hydrogens (tertiary/aromatic N) is 6. The van der Waals surface area contributed by atoms with E-state index >= 15 is 0 Å². The molecule has 7 N–H and O–H groups in total. The molecule has 0 fully saturated rings. The number of aromatic amines is 2. The van der Waals surface area contributed by atoms with Gasteiger partial charge in [-0.25, -0.2) is 29.9 Å². The molecule has 0 atom stereocenters. The van der Waals surface area contributed by atoms with Gasteiger partial charge in [-0.3, -0.25) is 0 Å². The molecule has 62 heavy (non-hydrogen) atoms. The SMILES string of the molecule is CC.CCC.CCC.CCC.COc1cc2c(cc1O)-c1nc-2nc2[nH]c(nc3nc(nc4[nH]c(n1)c1cc(OC)c(O)cc41)-c1cc(O)c(O)cc1-3)c1cc(OC)c(O)cc21. The first-order valence-corrected chi connectivity index (χ1v) is 20.5. The number of aromatic hydroxyl groups is 5. The third-order valence-corrected chi connectivity index (χ3v) is 8.82. The molecule has 0 saturated heterocycles. The van der Waals surface area contributed by atoms with Crippen LogP contribution in [-0.2, 0) is 0 Å². The summed E-state index contributed by atoms with van der Waals surface area (Å²) in [4.78, 5) is 35.2. The molecule has 0 radical (unpaired) electrons. The minimum absolute atomic E-state index is 0.128. The lowest BCUT2D eigenvalue weighted by molar-refractivity contribution is 0.374. The fraction of sp³-hybridized carbons (Fsp3) is 0.304. The van der Waals surface area contributed by atoms with E-state index in [9.17, 15) is 25.5 Å². The van der Waals surface area contributed by atoms with Crippen LogP contribution in [0.4, 0.5) is 0 Å². The summed E-state index contributed by atoms with van der Waals surface area (Å²) in [5.74, 6) is -0.0298. The summed E-state index contributed by atoms with van der Waals surface area (Å²) in [7, 11) is 4.27. The summed E-state index contributed by atoms with van der Waals surface area (Å²) in [6, 6.07) is 11.9. The van der Waals surface area contributed by atoms with E-state index in [0.29, 0.717) is 43.8 Å². The van der Waals surface area contributed by atoms with Crippen molar-refractivity contribution in [2.24, 2.45) is 0 Å². The number of H-pyrrole nitrogens is 2. The second kappa shape index (κ2) is 19.8. The number of ether oxygens (including phenoxy) is 3. The highest BCUT2D eigenvalue weighted by atomic mass is 16.5. The molecule has 0 spiro atoms. The van der Waals surface area contributed by atoms with Crippen LogP contribution in [0.2, 0.25) is 0 Å². The van der Waals surface area contributed by atoms with Crippen LogP contribution in [0.3, 0.4) is 0 Å². The summed E-state index contributed by atoms with van der Waals surface area (Å²) >= 11 is 0. The monoisotopic (exact) mass is 846 g/mol. The lowest BCUT2D eigenvalue weighted by atomic mass is 10.1. The average molecular weight is 847 g/mol. The van der Waals surface area contributed by atoms with E-state index in [2.05, 4.69) is 51.5 Å². The molecule has 5 heterocycles. The molecule has 326 valence electrons. The van der Waals surface area contributed by atoms with Crippen LogP contribution in [0.15, 0.2) is 48.5 Å². The Labute approximate surface area is 359 Å². The molecule has 8 bridgehead atoms. The lowest BCUT2D eigenvalue weighted by Gasteiger charge is -2.06. The van der Waals surface area contributed by atoms with E-state index in [0.717, 1.165) is 0 Å². The van der Waals surface area contributed by atoms with Crippen molar-refractivity contribution in [2.75, 3.05) is 21.3 Å². The summed E-state index contributed by atoms with van der Waals surface area (Å²) in [5.41, 5.74) is 2.72. The number of rotatable bonds is 3. The predicted molar refractivity (Wildman–Crippen MR) is 243 cm³/mol. The second-order valence-corrected chi connectivity index (χ2v) is 13.8. The van der Waals surface area contributed by atoms with E-state index in [1.165, 1.54) is 70.9 Å². The molecule has 16 nitrogen and oxygen atoms in total. The molecular formula is C46H54N8O8. The van der Waals surface area contributed by atoms with Crippen LogP contribution in [0.5, 0.6) is 46.0 Å². The van der Waals surface area contributed by atoms with Gasteiger partial charge in [-0.05, 0) is 48.5 Å². The fourth-order valence-corrected chi connectivity index (χ4v) is 6.35. The topological polar surface area (TPSA) is 238 Å². The average Bonchev–Trinajstić information content (AvgIpc) is 3.96. The molecule has 7 aromatic rings. The molecule has 0 unspecified atom stereocenters. The van der Waals surface area contributed by atoms with Gasteiger partial charge in [0, 0.05) is 43.8 Å². The smallest absolute Gasteiger partial charge is 0.164 e. The fourth-order valence-electron chi connectivity index (χ4n) is 6.35. The molecule has 2 aliphatic rings. The number of phenols is 5. The normalized spacial score (nSPS) is 10.7. The highest BCUT2D eigenvalue weighted by molar-refractivity contribution is 6.08. The maximum Gasteiger partial charge on any atom is 0.164 e. The van der Waals surface area contributed by atoms with Crippen molar-refractivity contribution in [3.63, 3.8) is 0 Å². The van der Waals surface area contributed by atoms with Gasteiger partial charge >= 0.3 is 0 Å². The Balaban J connectivity index is 0.000000603. The summed E-state index contributed by atoms with van der Waals surface area (Å²) in [5, 5.41) is 55.2. The van der Waals surface area contributed by atoms with Crippen molar-refractivity contribution >= 4 is 44.1 Å². The highest BCUT2D eigenvalue weighted by Crippen LogP contribution is 2.44. The van der Waals surface area contributed by atoms with Gasteiger partial charge in [-0.15, -0.1) is 0 Å². The number of phenolic OH excluding ortho intramolecular Hbond substituents is 5. The summed E-state index contributed by atoms with van der Waals surface area (Å²) in [6.45, 7) is 16.8. The quantitative estimate of drug-likeness (QED) is 0.0819. The molecule has 9 rings (SSSR count). The zero-order valence-corrected chi connectivity index (χ0v) is 36.9. The van der Waals surface area contributed by atoms with Crippen LogP contribution in [0.1, 0.15) is 74.7 Å². The van der Waals surface area contributed by atoms with Crippen molar-refractivity contribution in [1.29, 1.82) is 0 Å². The third kappa shape index (κ3) is 8.75. The van der Waals surface area contributed by atoms with Gasteiger partial charge in [0.25, 0.3) is 0 Å². The Kier molecular flexibility index (Phi) is 14.6. The van der Waals surface area contributed by atoms with Gasteiger partial charge in [-0.2, -0.15) is 0 Å². The van der Waals surface area contributed by atoms with Crippen LogP contribution in [-0.4, -0.2) is 86.7 Å². The molecule has 4 aromatic carbocycles. The lowest BCUT2D eigenvalue weighted by Crippen LogP contribution is -1.87. The molecule has 0 saturated carbocycles. The number of nitrogens with one attached hydrogen (secondary N) is 2. The number of methoxy groups -OCH3 is 3. The molecule has 16 heteroatoms. The van der Waals surface area contributed by atoms with Crippen LogP contribution >= 0.6 is 0 Å². The van der Waals surface area contributed by atoms with Gasteiger partial charge < -0.3 is 49.7 Å². The van der Waals surface area contributed by atoms with E-state index in [1.54, 1.807) is 18.2 Å². The van der Waals surface area contributed by atoms with E-state index in [-0.39, 0.29) is 80.4 Å². The third-order valence-electron chi connectivity index (χ3n) is 8.82. The first-order chi connectivity index (χ1) is 29.9. The minimum Gasteiger partial charge on any atom is -0.504 e. The van der Waals surface area contributed by atoms with Crippen molar-refractivity contribution in [2.45, 2.75) is 74.7 Å². The van der Waals surface area contributed by atoms with Crippen LogP contribution in [0.25, 0.3) is 89.7 Å². The first kappa shape index (κ1) is 45.7. The Hall–Kier alpha value is -7.36. The standard InChI is InChI=1S/C35H24N8O8.3C3H8.C2H6/c1-49-25-9-17-14(6-22(25)46)30-37-28-12-4-20(44)21(45)5-13(12)29(36-28)38-33-18-10-26(50-2)23(47)7-15(18)31(40-33)42-35-19-11-27(51-3)24(48)8-16(19)32(43-35)41-34(17)39-30;3*1-3-2;1-2/h4-11,44-48H,1-3H3,(H2,36,37,38,39,40,41,42,43);3*3H2,1-2H3;1-2H3. The van der Waals surface area contributed by atoms with E-state index in [4.69, 9.17) is 44.1 Å². The second-order valence-electron chi connectivity index (χ2n) is 13.8. The van der Waals surface area contributed by atoms with Crippen molar-refractivity contribution in [3.8, 4) is 91.5 Å². The summed E-state index contributed by atoms with van der Waals surface area (Å²) < 4.78 is 16.2. The zero-order valence-electron chi connectivity index (χ0n) is 36.9. The van der Waals surface area contributed by atoms with Crippen molar-refractivity contribution in [3.05, 3.63) is 48.5 Å². The number of aromatic nitrogens is 8. The van der Waals surface area contributed by atoms with Gasteiger partial charge in [-0.1, -0.05) is 74.7 Å². The number of benzene rings is 4. The van der Waals surface area contributed by atoms with Crippen LogP contribution < -0.4 is 14.2 Å². The summed E-state index contributed by atoms with van der Waals surface area (Å²) in [6.07, 6.45) is 3.75. The molecule has 2 aliphatic heterocycles. The maximum atomic E-state index is 10.8.